The zero-order chi connectivity index (χ0) is 19.5. The lowest BCUT2D eigenvalue weighted by molar-refractivity contribution is 1.12. The molecule has 136 valence electrons. The van der Waals surface area contributed by atoms with Crippen LogP contribution >= 0.6 is 0 Å². The number of nitrogens with zero attached hydrogens (tertiary/aromatic N) is 5. The Labute approximate surface area is 163 Å². The molecule has 0 amide bonds. The first-order valence-electron chi connectivity index (χ1n) is 8.82. The molecule has 0 radical (unpaired) electrons. The van der Waals surface area contributed by atoms with Crippen molar-refractivity contribution in [2.75, 3.05) is 17.3 Å². The van der Waals surface area contributed by atoms with Crippen molar-refractivity contribution in [3.63, 3.8) is 0 Å². The largest absolute Gasteiger partial charge is 0.354 e. The number of fused-ring (bicyclic) bond motifs is 1. The first kappa shape index (κ1) is 17.4. The second-order valence-corrected chi connectivity index (χ2v) is 6.48. The van der Waals surface area contributed by atoms with Crippen LogP contribution in [0.2, 0.25) is 0 Å². The average molecular weight is 366 g/mol. The van der Waals surface area contributed by atoms with E-state index in [1.165, 1.54) is 0 Å². The van der Waals surface area contributed by atoms with Gasteiger partial charge in [0.25, 0.3) is 0 Å². The highest BCUT2D eigenvalue weighted by molar-refractivity contribution is 5.97. The van der Waals surface area contributed by atoms with Gasteiger partial charge in [0.2, 0.25) is 0 Å². The van der Waals surface area contributed by atoms with Gasteiger partial charge in [0.1, 0.15) is 11.9 Å². The molecule has 0 unspecified atom stereocenters. The Balaban J connectivity index is 1.84. The van der Waals surface area contributed by atoms with Gasteiger partial charge in [0.05, 0.1) is 34.8 Å². The van der Waals surface area contributed by atoms with Crippen LogP contribution in [-0.2, 0) is 0 Å². The van der Waals surface area contributed by atoms with Crippen molar-refractivity contribution >= 4 is 33.8 Å². The lowest BCUT2D eigenvalue weighted by atomic mass is 10.1. The van der Waals surface area contributed by atoms with Gasteiger partial charge in [-0.3, -0.25) is 9.97 Å². The van der Waals surface area contributed by atoms with Gasteiger partial charge < -0.3 is 10.2 Å². The number of hydrogen-bond acceptors (Lipinski definition) is 6. The van der Waals surface area contributed by atoms with Crippen LogP contribution in [0.4, 0.5) is 22.9 Å². The molecule has 0 spiro atoms. The Bertz CT molecular complexity index is 1180. The van der Waals surface area contributed by atoms with E-state index in [2.05, 4.69) is 26.3 Å². The van der Waals surface area contributed by atoms with Crippen molar-refractivity contribution in [3.05, 3.63) is 78.4 Å². The Morgan fingerprint density at radius 3 is 2.68 bits per heavy atom. The SMILES string of the molecule is Cc1cccc(Nc2c(C#N)cnc3cnc(N(C)c4cccnc4)cc23)c1. The Morgan fingerprint density at radius 2 is 1.93 bits per heavy atom. The van der Waals surface area contributed by atoms with E-state index in [1.807, 2.05) is 61.3 Å². The number of hydrogen-bond donors (Lipinski definition) is 1. The van der Waals surface area contributed by atoms with Crippen molar-refractivity contribution in [2.45, 2.75) is 6.92 Å². The number of pyridine rings is 3. The van der Waals surface area contributed by atoms with Gasteiger partial charge in [0, 0.05) is 30.5 Å². The van der Waals surface area contributed by atoms with Gasteiger partial charge in [-0.2, -0.15) is 5.26 Å². The quantitative estimate of drug-likeness (QED) is 0.563. The number of benzene rings is 1. The number of rotatable bonds is 4. The van der Waals surface area contributed by atoms with Gasteiger partial charge in [-0.25, -0.2) is 4.98 Å². The van der Waals surface area contributed by atoms with Crippen LogP contribution in [0.25, 0.3) is 10.9 Å². The van der Waals surface area contributed by atoms with E-state index in [4.69, 9.17) is 0 Å². The van der Waals surface area contributed by atoms with Crippen molar-refractivity contribution in [3.8, 4) is 6.07 Å². The predicted molar refractivity (Wildman–Crippen MR) is 111 cm³/mol. The molecule has 4 aromatic rings. The predicted octanol–water partition coefficient (Wildman–Crippen LogP) is 4.72. The molecule has 0 bridgehead atoms. The van der Waals surface area contributed by atoms with E-state index < -0.39 is 0 Å². The number of aryl methyl sites for hydroxylation is 1. The molecule has 1 N–H and O–H groups in total. The minimum atomic E-state index is 0.482. The third kappa shape index (κ3) is 3.33. The second kappa shape index (κ2) is 7.33. The summed E-state index contributed by atoms with van der Waals surface area (Å²) in [5.41, 5.74) is 4.91. The number of aromatic nitrogens is 3. The van der Waals surface area contributed by atoms with Crippen LogP contribution in [0.15, 0.2) is 67.3 Å². The summed E-state index contributed by atoms with van der Waals surface area (Å²) in [6, 6.07) is 16.1. The molecular formula is C22H18N6. The second-order valence-electron chi connectivity index (χ2n) is 6.48. The molecule has 4 rings (SSSR count). The summed E-state index contributed by atoms with van der Waals surface area (Å²) in [6.45, 7) is 2.03. The van der Waals surface area contributed by atoms with Crippen LogP contribution < -0.4 is 10.2 Å². The van der Waals surface area contributed by atoms with Crippen molar-refractivity contribution < 1.29 is 0 Å². The molecule has 0 fully saturated rings. The summed E-state index contributed by atoms with van der Waals surface area (Å²) < 4.78 is 0. The van der Waals surface area contributed by atoms with Crippen LogP contribution in [0.5, 0.6) is 0 Å². The Hall–Kier alpha value is -3.98. The molecule has 0 saturated carbocycles. The maximum Gasteiger partial charge on any atom is 0.133 e. The lowest BCUT2D eigenvalue weighted by Crippen LogP contribution is -2.11. The summed E-state index contributed by atoms with van der Waals surface area (Å²) in [6.07, 6.45) is 6.81. The van der Waals surface area contributed by atoms with E-state index >= 15 is 0 Å². The molecule has 0 aliphatic heterocycles. The van der Waals surface area contributed by atoms with Gasteiger partial charge in [-0.1, -0.05) is 12.1 Å². The first-order valence-corrected chi connectivity index (χ1v) is 8.82. The van der Waals surface area contributed by atoms with E-state index in [-0.39, 0.29) is 0 Å². The molecule has 3 heterocycles. The number of nitrogens with one attached hydrogen (secondary N) is 1. The molecular weight excluding hydrogens is 348 g/mol. The fraction of sp³-hybridized carbons (Fsp3) is 0.0909. The maximum absolute atomic E-state index is 9.60. The van der Waals surface area contributed by atoms with E-state index in [0.29, 0.717) is 5.56 Å². The smallest absolute Gasteiger partial charge is 0.133 e. The Kier molecular flexibility index (Phi) is 4.56. The standard InChI is InChI=1S/C22H18N6/c1-15-5-3-6-17(9-15)27-22-16(11-23)12-25-20-14-26-21(10-19(20)22)28(2)18-7-4-8-24-13-18/h3-10,12-14H,1-2H3,(H,25,27). The van der Waals surface area contributed by atoms with Crippen LogP contribution in [0, 0.1) is 18.3 Å². The highest BCUT2D eigenvalue weighted by Crippen LogP contribution is 2.32. The number of anilines is 4. The summed E-state index contributed by atoms with van der Waals surface area (Å²) in [4.78, 5) is 15.0. The molecule has 0 aliphatic carbocycles. The minimum Gasteiger partial charge on any atom is -0.354 e. The summed E-state index contributed by atoms with van der Waals surface area (Å²) in [7, 11) is 1.93. The van der Waals surface area contributed by atoms with Crippen LogP contribution in [0.3, 0.4) is 0 Å². The highest BCUT2D eigenvalue weighted by atomic mass is 15.2. The van der Waals surface area contributed by atoms with Crippen LogP contribution in [-0.4, -0.2) is 22.0 Å². The zero-order valence-electron chi connectivity index (χ0n) is 15.6. The highest BCUT2D eigenvalue weighted by Gasteiger charge is 2.13. The normalized spacial score (nSPS) is 10.5. The van der Waals surface area contributed by atoms with Crippen LogP contribution in [0.1, 0.15) is 11.1 Å². The summed E-state index contributed by atoms with van der Waals surface area (Å²) >= 11 is 0. The van der Waals surface area contributed by atoms with E-state index in [1.54, 1.807) is 24.8 Å². The fourth-order valence-corrected chi connectivity index (χ4v) is 3.04. The van der Waals surface area contributed by atoms with Gasteiger partial charge >= 0.3 is 0 Å². The lowest BCUT2D eigenvalue weighted by Gasteiger charge is -2.19. The molecule has 6 nitrogen and oxygen atoms in total. The molecule has 0 atom stereocenters. The fourth-order valence-electron chi connectivity index (χ4n) is 3.04. The van der Waals surface area contributed by atoms with Crippen molar-refractivity contribution in [2.24, 2.45) is 0 Å². The molecule has 1 aromatic carbocycles. The average Bonchev–Trinajstić information content (AvgIpc) is 2.74. The summed E-state index contributed by atoms with van der Waals surface area (Å²) in [5, 5.41) is 13.8. The molecule has 28 heavy (non-hydrogen) atoms. The molecule has 0 saturated heterocycles. The van der Waals surface area contributed by atoms with Crippen molar-refractivity contribution in [1.82, 2.24) is 15.0 Å². The molecule has 3 aromatic heterocycles. The molecule has 6 heteroatoms. The van der Waals surface area contributed by atoms with Gasteiger partial charge in [-0.15, -0.1) is 0 Å². The topological polar surface area (TPSA) is 77.7 Å². The van der Waals surface area contributed by atoms with Gasteiger partial charge in [0.15, 0.2) is 0 Å². The monoisotopic (exact) mass is 366 g/mol. The minimum absolute atomic E-state index is 0.482. The van der Waals surface area contributed by atoms with E-state index in [9.17, 15) is 5.26 Å². The van der Waals surface area contributed by atoms with Crippen molar-refractivity contribution in [1.29, 1.82) is 5.26 Å². The van der Waals surface area contributed by atoms with E-state index in [0.717, 1.165) is 39.3 Å². The molecule has 0 aliphatic rings. The summed E-state index contributed by atoms with van der Waals surface area (Å²) in [5.74, 6) is 0.740. The zero-order valence-corrected chi connectivity index (χ0v) is 15.6. The first-order chi connectivity index (χ1) is 13.7. The third-order valence-corrected chi connectivity index (χ3v) is 4.52. The van der Waals surface area contributed by atoms with Gasteiger partial charge in [-0.05, 0) is 42.8 Å². The Morgan fingerprint density at radius 1 is 1.04 bits per heavy atom. The third-order valence-electron chi connectivity index (χ3n) is 4.52. The maximum atomic E-state index is 9.60. The number of nitriles is 1.